The summed E-state index contributed by atoms with van der Waals surface area (Å²) >= 11 is 5.84. The molecule has 3 N–H and O–H groups in total. The lowest BCUT2D eigenvalue weighted by Gasteiger charge is -2.14. The van der Waals surface area contributed by atoms with E-state index in [0.29, 0.717) is 29.4 Å². The molecule has 134 valence electrons. The molecule has 0 spiro atoms. The standard InChI is InChI=1S/C18H17ClN4O3/c19-13-3-1-2-12(10-13)17(25)21-11-16(24)22-14-4-6-15(7-5-14)23-9-8-20-18(23)26/h1-7,10H,8-9,11H2,(H,20,26)(H,21,25)(H,22,24). The summed E-state index contributed by atoms with van der Waals surface area (Å²) in [6.45, 7) is 1.06. The van der Waals surface area contributed by atoms with E-state index in [1.807, 2.05) is 0 Å². The van der Waals surface area contributed by atoms with Crippen LogP contribution >= 0.6 is 11.6 Å². The number of nitrogens with zero attached hydrogens (tertiary/aromatic N) is 1. The molecule has 26 heavy (non-hydrogen) atoms. The van der Waals surface area contributed by atoms with Crippen LogP contribution in [0.25, 0.3) is 0 Å². The number of halogens is 1. The number of carbonyl (C=O) groups excluding carboxylic acids is 3. The van der Waals surface area contributed by atoms with Crippen LogP contribution in [0.15, 0.2) is 48.5 Å². The number of hydrogen-bond donors (Lipinski definition) is 3. The Bertz CT molecular complexity index is 839. The van der Waals surface area contributed by atoms with Gasteiger partial charge in [0.15, 0.2) is 0 Å². The van der Waals surface area contributed by atoms with E-state index in [4.69, 9.17) is 11.6 Å². The monoisotopic (exact) mass is 372 g/mol. The topological polar surface area (TPSA) is 90.5 Å². The van der Waals surface area contributed by atoms with Crippen LogP contribution in [0.5, 0.6) is 0 Å². The summed E-state index contributed by atoms with van der Waals surface area (Å²) in [7, 11) is 0. The van der Waals surface area contributed by atoms with E-state index in [-0.39, 0.29) is 24.4 Å². The second kappa shape index (κ2) is 7.88. The summed E-state index contributed by atoms with van der Waals surface area (Å²) in [6, 6.07) is 13.3. The Morgan fingerprint density at radius 3 is 2.58 bits per heavy atom. The summed E-state index contributed by atoms with van der Waals surface area (Å²) in [5, 5.41) is 8.41. The van der Waals surface area contributed by atoms with Gasteiger partial charge in [-0.15, -0.1) is 0 Å². The molecule has 1 aliphatic rings. The fraction of sp³-hybridized carbons (Fsp3) is 0.167. The van der Waals surface area contributed by atoms with Crippen molar-refractivity contribution in [2.75, 3.05) is 29.9 Å². The van der Waals surface area contributed by atoms with E-state index in [1.54, 1.807) is 47.4 Å². The second-order valence-corrected chi connectivity index (χ2v) is 6.11. The number of anilines is 2. The van der Waals surface area contributed by atoms with Crippen LogP contribution in [-0.2, 0) is 4.79 Å². The molecule has 0 aliphatic carbocycles. The predicted molar refractivity (Wildman–Crippen MR) is 99.6 cm³/mol. The van der Waals surface area contributed by atoms with Gasteiger partial charge in [-0.1, -0.05) is 17.7 Å². The molecule has 1 aliphatic heterocycles. The molecule has 4 amide bonds. The van der Waals surface area contributed by atoms with E-state index in [0.717, 1.165) is 5.69 Å². The smallest absolute Gasteiger partial charge is 0.321 e. The van der Waals surface area contributed by atoms with Gasteiger partial charge in [0.05, 0.1) is 6.54 Å². The van der Waals surface area contributed by atoms with Gasteiger partial charge in [0.2, 0.25) is 5.91 Å². The van der Waals surface area contributed by atoms with Gasteiger partial charge in [-0.2, -0.15) is 0 Å². The zero-order valence-electron chi connectivity index (χ0n) is 13.8. The molecule has 1 saturated heterocycles. The molecule has 7 nitrogen and oxygen atoms in total. The molecule has 3 rings (SSSR count). The molecular weight excluding hydrogens is 356 g/mol. The van der Waals surface area contributed by atoms with Crippen LogP contribution in [0.3, 0.4) is 0 Å². The Morgan fingerprint density at radius 1 is 1.15 bits per heavy atom. The minimum absolute atomic E-state index is 0.134. The molecule has 1 heterocycles. The van der Waals surface area contributed by atoms with E-state index in [9.17, 15) is 14.4 Å². The highest BCUT2D eigenvalue weighted by Gasteiger charge is 2.20. The molecule has 0 unspecified atom stereocenters. The Balaban J connectivity index is 1.51. The minimum Gasteiger partial charge on any atom is -0.343 e. The van der Waals surface area contributed by atoms with Crippen LogP contribution in [0.1, 0.15) is 10.4 Å². The van der Waals surface area contributed by atoms with Gasteiger partial charge in [0, 0.05) is 35.1 Å². The lowest BCUT2D eigenvalue weighted by molar-refractivity contribution is -0.115. The fourth-order valence-corrected chi connectivity index (χ4v) is 2.73. The highest BCUT2D eigenvalue weighted by Crippen LogP contribution is 2.19. The average molecular weight is 373 g/mol. The number of amides is 4. The normalized spacial score (nSPS) is 13.3. The van der Waals surface area contributed by atoms with Gasteiger partial charge in [0.1, 0.15) is 0 Å². The first-order valence-corrected chi connectivity index (χ1v) is 8.40. The zero-order valence-corrected chi connectivity index (χ0v) is 14.5. The zero-order chi connectivity index (χ0) is 18.5. The first kappa shape index (κ1) is 17.8. The van der Waals surface area contributed by atoms with Crippen molar-refractivity contribution in [3.05, 3.63) is 59.1 Å². The number of urea groups is 1. The predicted octanol–water partition coefficient (Wildman–Crippen LogP) is 2.24. The van der Waals surface area contributed by atoms with Gasteiger partial charge in [0.25, 0.3) is 5.91 Å². The second-order valence-electron chi connectivity index (χ2n) is 5.67. The molecule has 2 aromatic carbocycles. The maximum absolute atomic E-state index is 12.0. The highest BCUT2D eigenvalue weighted by molar-refractivity contribution is 6.31. The van der Waals surface area contributed by atoms with Crippen molar-refractivity contribution < 1.29 is 14.4 Å². The maximum atomic E-state index is 12.0. The first-order chi connectivity index (χ1) is 12.5. The van der Waals surface area contributed by atoms with Crippen LogP contribution in [0.2, 0.25) is 5.02 Å². The summed E-state index contributed by atoms with van der Waals surface area (Å²) in [5.41, 5.74) is 1.72. The van der Waals surface area contributed by atoms with Crippen molar-refractivity contribution in [3.63, 3.8) is 0 Å². The third kappa shape index (κ3) is 4.31. The van der Waals surface area contributed by atoms with E-state index in [2.05, 4.69) is 16.0 Å². The Labute approximate surface area is 155 Å². The van der Waals surface area contributed by atoms with Gasteiger partial charge in [-0.3, -0.25) is 14.5 Å². The average Bonchev–Trinajstić information content (AvgIpc) is 3.06. The molecule has 1 fully saturated rings. The van der Waals surface area contributed by atoms with Gasteiger partial charge < -0.3 is 16.0 Å². The number of hydrogen-bond acceptors (Lipinski definition) is 3. The molecule has 0 aromatic heterocycles. The maximum Gasteiger partial charge on any atom is 0.321 e. The minimum atomic E-state index is -0.377. The fourth-order valence-electron chi connectivity index (χ4n) is 2.54. The number of nitrogens with one attached hydrogen (secondary N) is 3. The van der Waals surface area contributed by atoms with Crippen molar-refractivity contribution in [1.82, 2.24) is 10.6 Å². The molecule has 0 radical (unpaired) electrons. The third-order valence-corrected chi connectivity index (χ3v) is 4.05. The molecule has 0 atom stereocenters. The largest absolute Gasteiger partial charge is 0.343 e. The van der Waals surface area contributed by atoms with Gasteiger partial charge in [-0.25, -0.2) is 4.79 Å². The summed E-state index contributed by atoms with van der Waals surface area (Å²) in [4.78, 5) is 37.2. The third-order valence-electron chi connectivity index (χ3n) is 3.82. The van der Waals surface area contributed by atoms with Gasteiger partial charge in [-0.05, 0) is 42.5 Å². The van der Waals surface area contributed by atoms with Crippen molar-refractivity contribution in [1.29, 1.82) is 0 Å². The lowest BCUT2D eigenvalue weighted by Crippen LogP contribution is -2.32. The number of rotatable bonds is 5. The summed E-state index contributed by atoms with van der Waals surface area (Å²) in [6.07, 6.45) is 0. The van der Waals surface area contributed by atoms with Gasteiger partial charge >= 0.3 is 6.03 Å². The van der Waals surface area contributed by atoms with E-state index in [1.165, 1.54) is 6.07 Å². The molecule has 2 aromatic rings. The molecular formula is C18H17ClN4O3. The van der Waals surface area contributed by atoms with Crippen molar-refractivity contribution >= 4 is 40.8 Å². The lowest BCUT2D eigenvalue weighted by atomic mass is 10.2. The summed E-state index contributed by atoms with van der Waals surface area (Å²) < 4.78 is 0. The Kier molecular flexibility index (Phi) is 5.38. The first-order valence-electron chi connectivity index (χ1n) is 8.02. The van der Waals surface area contributed by atoms with E-state index >= 15 is 0 Å². The van der Waals surface area contributed by atoms with Crippen LogP contribution < -0.4 is 20.9 Å². The highest BCUT2D eigenvalue weighted by atomic mass is 35.5. The Morgan fingerprint density at radius 2 is 1.92 bits per heavy atom. The molecule has 8 heteroatoms. The molecule has 0 bridgehead atoms. The van der Waals surface area contributed by atoms with Crippen LogP contribution in [0.4, 0.5) is 16.2 Å². The SMILES string of the molecule is O=C(CNC(=O)c1cccc(Cl)c1)Nc1ccc(N2CCNC2=O)cc1. The quantitative estimate of drug-likeness (QED) is 0.751. The van der Waals surface area contributed by atoms with Crippen molar-refractivity contribution in [2.24, 2.45) is 0 Å². The summed E-state index contributed by atoms with van der Waals surface area (Å²) in [5.74, 6) is -0.731. The van der Waals surface area contributed by atoms with Crippen molar-refractivity contribution in [3.8, 4) is 0 Å². The number of benzene rings is 2. The van der Waals surface area contributed by atoms with Crippen LogP contribution in [0, 0.1) is 0 Å². The number of carbonyl (C=O) groups is 3. The Hall–Kier alpha value is -3.06. The van der Waals surface area contributed by atoms with Crippen LogP contribution in [-0.4, -0.2) is 37.5 Å². The molecule has 0 saturated carbocycles. The van der Waals surface area contributed by atoms with Crippen molar-refractivity contribution in [2.45, 2.75) is 0 Å². The van der Waals surface area contributed by atoms with E-state index < -0.39 is 0 Å².